The standard InChI is InChI=1S/C13H28N2O/c1-4-5-6-7-13(16)10-12-11-14(2)8-9-15(12)3/h12-13,16H,4-11H2,1-3H3. The predicted molar refractivity (Wildman–Crippen MR) is 68.7 cm³/mol. The van der Waals surface area contributed by atoms with E-state index in [1.807, 2.05) is 0 Å². The van der Waals surface area contributed by atoms with Crippen molar-refractivity contribution in [3.63, 3.8) is 0 Å². The molecule has 0 aliphatic carbocycles. The van der Waals surface area contributed by atoms with Crippen molar-refractivity contribution in [3.8, 4) is 0 Å². The summed E-state index contributed by atoms with van der Waals surface area (Å²) in [4.78, 5) is 4.76. The van der Waals surface area contributed by atoms with Crippen molar-refractivity contribution in [2.24, 2.45) is 0 Å². The van der Waals surface area contributed by atoms with Crippen LogP contribution in [-0.2, 0) is 0 Å². The maximum absolute atomic E-state index is 9.99. The number of nitrogens with zero attached hydrogens (tertiary/aromatic N) is 2. The molecule has 0 amide bonds. The van der Waals surface area contributed by atoms with Gasteiger partial charge in [0.05, 0.1) is 6.10 Å². The van der Waals surface area contributed by atoms with Crippen LogP contribution in [0.1, 0.15) is 39.0 Å². The lowest BCUT2D eigenvalue weighted by molar-refractivity contribution is 0.0595. The molecule has 1 rings (SSSR count). The normalized spacial score (nSPS) is 25.9. The fraction of sp³-hybridized carbons (Fsp3) is 1.00. The minimum atomic E-state index is -0.106. The van der Waals surface area contributed by atoms with Crippen LogP contribution in [0.15, 0.2) is 0 Å². The molecule has 0 saturated carbocycles. The average molecular weight is 228 g/mol. The van der Waals surface area contributed by atoms with Crippen LogP contribution in [0, 0.1) is 0 Å². The van der Waals surface area contributed by atoms with Crippen LogP contribution in [0.5, 0.6) is 0 Å². The first-order valence-electron chi connectivity index (χ1n) is 6.70. The molecule has 2 atom stereocenters. The van der Waals surface area contributed by atoms with E-state index in [2.05, 4.69) is 30.8 Å². The van der Waals surface area contributed by atoms with Gasteiger partial charge in [-0.25, -0.2) is 0 Å². The Bertz CT molecular complexity index is 187. The molecule has 1 heterocycles. The van der Waals surface area contributed by atoms with Crippen LogP contribution < -0.4 is 0 Å². The second kappa shape index (κ2) is 7.25. The summed E-state index contributed by atoms with van der Waals surface area (Å²) in [5.74, 6) is 0. The molecule has 3 nitrogen and oxygen atoms in total. The Kier molecular flexibility index (Phi) is 6.32. The Balaban J connectivity index is 2.23. The lowest BCUT2D eigenvalue weighted by Crippen LogP contribution is -2.50. The fourth-order valence-corrected chi connectivity index (χ4v) is 2.42. The van der Waals surface area contributed by atoms with Crippen molar-refractivity contribution in [3.05, 3.63) is 0 Å². The topological polar surface area (TPSA) is 26.7 Å². The van der Waals surface area contributed by atoms with E-state index < -0.39 is 0 Å². The molecule has 1 aliphatic rings. The van der Waals surface area contributed by atoms with Gasteiger partial charge in [0, 0.05) is 25.7 Å². The van der Waals surface area contributed by atoms with E-state index in [0.717, 1.165) is 32.5 Å². The predicted octanol–water partition coefficient (Wildman–Crippen LogP) is 1.56. The number of aliphatic hydroxyl groups excluding tert-OH is 1. The second-order valence-electron chi connectivity index (χ2n) is 5.28. The third kappa shape index (κ3) is 4.81. The molecule has 16 heavy (non-hydrogen) atoms. The second-order valence-corrected chi connectivity index (χ2v) is 5.28. The molecule has 0 radical (unpaired) electrons. The van der Waals surface area contributed by atoms with E-state index in [9.17, 15) is 5.11 Å². The molecule has 0 aromatic carbocycles. The quantitative estimate of drug-likeness (QED) is 0.699. The molecule has 1 saturated heterocycles. The number of piperazine rings is 1. The summed E-state index contributed by atoms with van der Waals surface area (Å²) in [6.45, 7) is 5.58. The van der Waals surface area contributed by atoms with Crippen LogP contribution in [-0.4, -0.2) is 60.8 Å². The summed E-state index contributed by atoms with van der Waals surface area (Å²) >= 11 is 0. The van der Waals surface area contributed by atoms with Crippen molar-refractivity contribution >= 4 is 0 Å². The third-order valence-corrected chi connectivity index (χ3v) is 3.67. The molecular formula is C13H28N2O. The molecular weight excluding hydrogens is 200 g/mol. The molecule has 96 valence electrons. The van der Waals surface area contributed by atoms with Gasteiger partial charge >= 0.3 is 0 Å². The lowest BCUT2D eigenvalue weighted by Gasteiger charge is -2.38. The van der Waals surface area contributed by atoms with Crippen molar-refractivity contribution < 1.29 is 5.11 Å². The highest BCUT2D eigenvalue weighted by Gasteiger charge is 2.24. The molecule has 1 fully saturated rings. The molecule has 2 unspecified atom stereocenters. The summed E-state index contributed by atoms with van der Waals surface area (Å²) in [7, 11) is 4.35. The van der Waals surface area contributed by atoms with E-state index in [-0.39, 0.29) is 6.10 Å². The summed E-state index contributed by atoms with van der Waals surface area (Å²) < 4.78 is 0. The van der Waals surface area contributed by atoms with Gasteiger partial charge in [-0.05, 0) is 26.9 Å². The van der Waals surface area contributed by atoms with E-state index in [1.165, 1.54) is 19.3 Å². The molecule has 3 heteroatoms. The first kappa shape index (κ1) is 13.9. The van der Waals surface area contributed by atoms with Gasteiger partial charge in [-0.15, -0.1) is 0 Å². The SMILES string of the molecule is CCCCCC(O)CC1CN(C)CCN1C. The van der Waals surface area contributed by atoms with Crippen molar-refractivity contribution in [1.82, 2.24) is 9.80 Å². The van der Waals surface area contributed by atoms with Crippen LogP contribution in [0.3, 0.4) is 0 Å². The molecule has 0 aromatic rings. The zero-order chi connectivity index (χ0) is 12.0. The third-order valence-electron chi connectivity index (χ3n) is 3.67. The summed E-state index contributed by atoms with van der Waals surface area (Å²) in [5, 5.41) is 9.99. The van der Waals surface area contributed by atoms with Crippen LogP contribution in [0.4, 0.5) is 0 Å². The summed E-state index contributed by atoms with van der Waals surface area (Å²) in [6, 6.07) is 0.537. The molecule has 1 N–H and O–H groups in total. The Hall–Kier alpha value is -0.120. The zero-order valence-corrected chi connectivity index (χ0v) is 11.2. The Labute approximate surface area is 100 Å². The fourth-order valence-electron chi connectivity index (χ4n) is 2.42. The summed E-state index contributed by atoms with van der Waals surface area (Å²) in [6.07, 6.45) is 5.46. The molecule has 0 spiro atoms. The molecule has 0 bridgehead atoms. The maximum Gasteiger partial charge on any atom is 0.0555 e. The highest BCUT2D eigenvalue weighted by molar-refractivity contribution is 4.80. The van der Waals surface area contributed by atoms with Gasteiger partial charge in [0.1, 0.15) is 0 Å². The van der Waals surface area contributed by atoms with Gasteiger partial charge in [-0.1, -0.05) is 26.2 Å². The number of unbranched alkanes of at least 4 members (excludes halogenated alkanes) is 2. The van der Waals surface area contributed by atoms with E-state index >= 15 is 0 Å². The largest absolute Gasteiger partial charge is 0.393 e. The number of aliphatic hydroxyl groups is 1. The Morgan fingerprint density at radius 3 is 2.69 bits per heavy atom. The van der Waals surface area contributed by atoms with E-state index in [0.29, 0.717) is 6.04 Å². The van der Waals surface area contributed by atoms with Gasteiger partial charge < -0.3 is 14.9 Å². The van der Waals surface area contributed by atoms with Gasteiger partial charge in [0.15, 0.2) is 0 Å². The van der Waals surface area contributed by atoms with Gasteiger partial charge in [0.25, 0.3) is 0 Å². The smallest absolute Gasteiger partial charge is 0.0555 e. The van der Waals surface area contributed by atoms with E-state index in [1.54, 1.807) is 0 Å². The van der Waals surface area contributed by atoms with Gasteiger partial charge in [-0.2, -0.15) is 0 Å². The van der Waals surface area contributed by atoms with Crippen LogP contribution in [0.25, 0.3) is 0 Å². The van der Waals surface area contributed by atoms with Crippen LogP contribution in [0.2, 0.25) is 0 Å². The van der Waals surface area contributed by atoms with Crippen molar-refractivity contribution in [2.45, 2.75) is 51.2 Å². The lowest BCUT2D eigenvalue weighted by atomic mass is 10.0. The van der Waals surface area contributed by atoms with Crippen molar-refractivity contribution in [1.29, 1.82) is 0 Å². The summed E-state index contributed by atoms with van der Waals surface area (Å²) in [5.41, 5.74) is 0. The Morgan fingerprint density at radius 2 is 2.00 bits per heavy atom. The Morgan fingerprint density at radius 1 is 1.25 bits per heavy atom. The minimum Gasteiger partial charge on any atom is -0.393 e. The number of likely N-dealkylation sites (N-methyl/N-ethyl adjacent to an activating group) is 2. The van der Waals surface area contributed by atoms with Crippen LogP contribution >= 0.6 is 0 Å². The average Bonchev–Trinajstić information content (AvgIpc) is 2.24. The minimum absolute atomic E-state index is 0.106. The zero-order valence-electron chi connectivity index (χ0n) is 11.2. The van der Waals surface area contributed by atoms with E-state index in [4.69, 9.17) is 0 Å². The molecule has 0 aromatic heterocycles. The highest BCUT2D eigenvalue weighted by atomic mass is 16.3. The highest BCUT2D eigenvalue weighted by Crippen LogP contribution is 2.15. The number of hydrogen-bond acceptors (Lipinski definition) is 3. The maximum atomic E-state index is 9.99. The molecule has 1 aliphatic heterocycles. The first-order valence-corrected chi connectivity index (χ1v) is 6.70. The monoisotopic (exact) mass is 228 g/mol. The van der Waals surface area contributed by atoms with Gasteiger partial charge in [0.2, 0.25) is 0 Å². The van der Waals surface area contributed by atoms with Gasteiger partial charge in [-0.3, -0.25) is 0 Å². The van der Waals surface area contributed by atoms with Crippen molar-refractivity contribution in [2.75, 3.05) is 33.7 Å². The number of hydrogen-bond donors (Lipinski definition) is 1. The first-order chi connectivity index (χ1) is 7.63. The number of rotatable bonds is 6.